The molecule has 0 aliphatic carbocycles. The fourth-order valence-corrected chi connectivity index (χ4v) is 2.32. The average molecular weight is 292 g/mol. The highest BCUT2D eigenvalue weighted by molar-refractivity contribution is 6.04. The molecular weight excluding hydrogens is 281 g/mol. The minimum atomic E-state index is -1.57. The van der Waals surface area contributed by atoms with E-state index in [1.165, 1.54) is 0 Å². The van der Waals surface area contributed by atoms with Crippen molar-refractivity contribution in [3.05, 3.63) is 58.9 Å². The summed E-state index contributed by atoms with van der Waals surface area (Å²) < 4.78 is 39.8. The largest absolute Gasteiger partial charge is 0.368 e. The minimum absolute atomic E-state index is 0.261. The zero-order valence-corrected chi connectivity index (χ0v) is 11.0. The topological polar surface area (TPSA) is 41.1 Å². The number of hydrogen-bond acceptors (Lipinski definition) is 2. The summed E-state index contributed by atoms with van der Waals surface area (Å²) in [5.74, 6) is -4.56. The van der Waals surface area contributed by atoms with E-state index >= 15 is 0 Å². The van der Waals surface area contributed by atoms with Crippen molar-refractivity contribution in [3.63, 3.8) is 0 Å². The SMILES string of the molecule is Cc1ccc2c(c1)C(Nc1ccc(F)c(F)c1F)C(=O)N2. The highest BCUT2D eigenvalue weighted by atomic mass is 19.2. The van der Waals surface area contributed by atoms with Gasteiger partial charge in [-0.25, -0.2) is 13.2 Å². The van der Waals surface area contributed by atoms with E-state index in [0.717, 1.165) is 17.7 Å². The van der Waals surface area contributed by atoms with Crippen molar-refractivity contribution in [1.29, 1.82) is 0 Å². The Morgan fingerprint density at radius 1 is 1.10 bits per heavy atom. The third kappa shape index (κ3) is 2.22. The number of fused-ring (bicyclic) bond motifs is 1. The molecule has 2 aromatic carbocycles. The summed E-state index contributed by atoms with van der Waals surface area (Å²) in [5, 5.41) is 5.27. The fourth-order valence-electron chi connectivity index (χ4n) is 2.32. The molecule has 0 radical (unpaired) electrons. The molecule has 1 atom stereocenters. The molecule has 1 aliphatic rings. The highest BCUT2D eigenvalue weighted by Gasteiger charge is 2.31. The van der Waals surface area contributed by atoms with Gasteiger partial charge in [0.15, 0.2) is 17.5 Å². The first-order chi connectivity index (χ1) is 9.97. The molecule has 21 heavy (non-hydrogen) atoms. The van der Waals surface area contributed by atoms with Crippen molar-refractivity contribution in [1.82, 2.24) is 0 Å². The van der Waals surface area contributed by atoms with Crippen LogP contribution in [0.25, 0.3) is 0 Å². The van der Waals surface area contributed by atoms with Gasteiger partial charge in [0.2, 0.25) is 0 Å². The van der Waals surface area contributed by atoms with Gasteiger partial charge in [-0.3, -0.25) is 4.79 Å². The lowest BCUT2D eigenvalue weighted by molar-refractivity contribution is -0.116. The Labute approximate surface area is 118 Å². The van der Waals surface area contributed by atoms with Crippen molar-refractivity contribution in [3.8, 4) is 0 Å². The van der Waals surface area contributed by atoms with Crippen molar-refractivity contribution in [2.45, 2.75) is 13.0 Å². The van der Waals surface area contributed by atoms with Gasteiger partial charge in [0.05, 0.1) is 5.69 Å². The molecule has 6 heteroatoms. The van der Waals surface area contributed by atoms with Crippen LogP contribution < -0.4 is 10.6 Å². The molecule has 1 heterocycles. The van der Waals surface area contributed by atoms with E-state index in [0.29, 0.717) is 11.3 Å². The Bertz CT molecular complexity index is 746. The second-order valence-electron chi connectivity index (χ2n) is 4.88. The lowest BCUT2D eigenvalue weighted by Gasteiger charge is -2.14. The monoisotopic (exact) mass is 292 g/mol. The fraction of sp³-hybridized carbons (Fsp3) is 0.133. The zero-order chi connectivity index (χ0) is 15.1. The normalized spacial score (nSPS) is 16.6. The van der Waals surface area contributed by atoms with E-state index in [9.17, 15) is 18.0 Å². The molecule has 0 spiro atoms. The molecular formula is C15H11F3N2O. The van der Waals surface area contributed by atoms with E-state index in [4.69, 9.17) is 0 Å². The lowest BCUT2D eigenvalue weighted by atomic mass is 10.0. The van der Waals surface area contributed by atoms with Gasteiger partial charge in [-0.05, 0) is 25.1 Å². The van der Waals surface area contributed by atoms with Crippen molar-refractivity contribution >= 4 is 17.3 Å². The summed E-state index contributed by atoms with van der Waals surface area (Å²) in [7, 11) is 0. The van der Waals surface area contributed by atoms with Gasteiger partial charge in [0, 0.05) is 11.3 Å². The number of aryl methyl sites for hydroxylation is 1. The molecule has 1 unspecified atom stereocenters. The average Bonchev–Trinajstić information content (AvgIpc) is 2.75. The Hall–Kier alpha value is -2.50. The lowest BCUT2D eigenvalue weighted by Crippen LogP contribution is -2.20. The predicted molar refractivity (Wildman–Crippen MR) is 72.5 cm³/mol. The molecule has 1 aliphatic heterocycles. The third-order valence-corrected chi connectivity index (χ3v) is 3.37. The first kappa shape index (κ1) is 13.5. The van der Waals surface area contributed by atoms with Gasteiger partial charge < -0.3 is 10.6 Å². The highest BCUT2D eigenvalue weighted by Crippen LogP contribution is 2.34. The molecule has 0 bridgehead atoms. The Morgan fingerprint density at radius 2 is 1.86 bits per heavy atom. The van der Waals surface area contributed by atoms with Crippen LogP contribution >= 0.6 is 0 Å². The van der Waals surface area contributed by atoms with E-state index in [1.807, 2.05) is 13.0 Å². The van der Waals surface area contributed by atoms with Crippen LogP contribution in [-0.2, 0) is 4.79 Å². The van der Waals surface area contributed by atoms with Gasteiger partial charge in [-0.15, -0.1) is 0 Å². The molecule has 0 saturated carbocycles. The molecule has 2 N–H and O–H groups in total. The van der Waals surface area contributed by atoms with Crippen LogP contribution in [0.15, 0.2) is 30.3 Å². The van der Waals surface area contributed by atoms with Gasteiger partial charge in [-0.2, -0.15) is 0 Å². The van der Waals surface area contributed by atoms with E-state index in [-0.39, 0.29) is 11.6 Å². The second kappa shape index (κ2) is 4.80. The van der Waals surface area contributed by atoms with E-state index in [2.05, 4.69) is 10.6 Å². The third-order valence-electron chi connectivity index (χ3n) is 3.37. The van der Waals surface area contributed by atoms with Crippen LogP contribution in [0.4, 0.5) is 24.5 Å². The molecule has 0 fully saturated rings. The van der Waals surface area contributed by atoms with Gasteiger partial charge in [-0.1, -0.05) is 17.7 Å². The number of rotatable bonds is 2. The first-order valence-electron chi connectivity index (χ1n) is 6.29. The molecule has 3 rings (SSSR count). The Morgan fingerprint density at radius 3 is 2.62 bits per heavy atom. The number of carbonyl (C=O) groups excluding carboxylic acids is 1. The van der Waals surface area contributed by atoms with Gasteiger partial charge in [0.1, 0.15) is 6.04 Å². The second-order valence-corrected chi connectivity index (χ2v) is 4.88. The van der Waals surface area contributed by atoms with Gasteiger partial charge in [0.25, 0.3) is 5.91 Å². The number of anilines is 2. The number of carbonyl (C=O) groups is 1. The summed E-state index contributed by atoms with van der Waals surface area (Å²) in [6, 6.07) is 6.38. The number of benzene rings is 2. The molecule has 108 valence electrons. The summed E-state index contributed by atoms with van der Waals surface area (Å²) >= 11 is 0. The summed E-state index contributed by atoms with van der Waals surface area (Å²) in [6.45, 7) is 1.86. The van der Waals surface area contributed by atoms with Gasteiger partial charge >= 0.3 is 0 Å². The van der Waals surface area contributed by atoms with Crippen molar-refractivity contribution < 1.29 is 18.0 Å². The van der Waals surface area contributed by atoms with Crippen LogP contribution in [0.2, 0.25) is 0 Å². The number of hydrogen-bond donors (Lipinski definition) is 2. The summed E-state index contributed by atoms with van der Waals surface area (Å²) in [5.41, 5.74) is 1.93. The predicted octanol–water partition coefficient (Wildman–Crippen LogP) is 3.52. The van der Waals surface area contributed by atoms with Crippen LogP contribution in [-0.4, -0.2) is 5.91 Å². The molecule has 0 saturated heterocycles. The van der Waals surface area contributed by atoms with Crippen LogP contribution in [0, 0.1) is 24.4 Å². The first-order valence-corrected chi connectivity index (χ1v) is 6.29. The number of nitrogens with one attached hydrogen (secondary N) is 2. The van der Waals surface area contributed by atoms with E-state index < -0.39 is 23.5 Å². The maximum absolute atomic E-state index is 13.7. The summed E-state index contributed by atoms with van der Waals surface area (Å²) in [6.07, 6.45) is 0. The van der Waals surface area contributed by atoms with Crippen LogP contribution in [0.5, 0.6) is 0 Å². The Balaban J connectivity index is 1.98. The molecule has 1 amide bonds. The molecule has 0 aromatic heterocycles. The zero-order valence-electron chi connectivity index (χ0n) is 11.0. The van der Waals surface area contributed by atoms with Crippen LogP contribution in [0.1, 0.15) is 17.2 Å². The minimum Gasteiger partial charge on any atom is -0.368 e. The maximum atomic E-state index is 13.7. The summed E-state index contributed by atoms with van der Waals surface area (Å²) in [4.78, 5) is 11.9. The number of amides is 1. The smallest absolute Gasteiger partial charge is 0.251 e. The standard InChI is InChI=1S/C15H11F3N2O/c1-7-2-4-10-8(6-7)14(15(21)20-10)19-11-5-3-9(16)12(17)13(11)18/h2-6,14,19H,1H3,(H,20,21). The molecule has 3 nitrogen and oxygen atoms in total. The van der Waals surface area contributed by atoms with Crippen molar-refractivity contribution in [2.75, 3.05) is 10.6 Å². The van der Waals surface area contributed by atoms with Crippen molar-refractivity contribution in [2.24, 2.45) is 0 Å². The maximum Gasteiger partial charge on any atom is 0.251 e. The van der Waals surface area contributed by atoms with E-state index in [1.54, 1.807) is 12.1 Å². The molecule has 2 aromatic rings. The number of halogens is 3. The van der Waals surface area contributed by atoms with Crippen LogP contribution in [0.3, 0.4) is 0 Å². The quantitative estimate of drug-likeness (QED) is 0.832. The Kier molecular flexibility index (Phi) is 3.08.